The molecule has 0 radical (unpaired) electrons. The summed E-state index contributed by atoms with van der Waals surface area (Å²) in [5.74, 6) is 0.318. The number of halogens is 1. The molecule has 136 valence electrons. The van der Waals surface area contributed by atoms with E-state index in [9.17, 15) is 4.79 Å². The molecule has 0 aromatic heterocycles. The largest absolute Gasteiger partial charge is 0.378 e. The Labute approximate surface area is 147 Å². The summed E-state index contributed by atoms with van der Waals surface area (Å²) in [6.07, 6.45) is 11.5. The fourth-order valence-electron chi connectivity index (χ4n) is 4.52. The first-order valence-electron chi connectivity index (χ1n) is 9.23. The number of nitrogens with zero attached hydrogens (tertiary/aromatic N) is 1. The zero-order valence-electron chi connectivity index (χ0n) is 14.9. The minimum Gasteiger partial charge on any atom is -0.378 e. The Morgan fingerprint density at radius 1 is 1.22 bits per heavy atom. The van der Waals surface area contributed by atoms with Crippen LogP contribution in [-0.4, -0.2) is 43.2 Å². The molecule has 4 nitrogen and oxygen atoms in total. The van der Waals surface area contributed by atoms with E-state index < -0.39 is 0 Å². The van der Waals surface area contributed by atoms with Crippen LogP contribution in [0.2, 0.25) is 0 Å². The summed E-state index contributed by atoms with van der Waals surface area (Å²) in [4.78, 5) is 14.5. The molecule has 23 heavy (non-hydrogen) atoms. The van der Waals surface area contributed by atoms with Crippen LogP contribution in [0.4, 0.5) is 0 Å². The standard InChI is InChI=1S/C18H34N2O2.ClH/c1-3-22-16-14-15(18(16)11-7-8-12-18)20(2)17(21)10-6-4-5-9-13-19;/h15-16H,3-14,19H2,1-2H3;1H. The molecule has 2 rings (SSSR count). The number of nitrogens with two attached hydrogens (primary N) is 1. The van der Waals surface area contributed by atoms with Crippen molar-refractivity contribution in [1.82, 2.24) is 4.90 Å². The van der Waals surface area contributed by atoms with E-state index in [0.29, 0.717) is 24.5 Å². The molecule has 0 aromatic carbocycles. The van der Waals surface area contributed by atoms with Gasteiger partial charge in [-0.3, -0.25) is 4.79 Å². The van der Waals surface area contributed by atoms with Gasteiger partial charge in [0.15, 0.2) is 0 Å². The van der Waals surface area contributed by atoms with Crippen molar-refractivity contribution in [2.24, 2.45) is 11.1 Å². The summed E-state index contributed by atoms with van der Waals surface area (Å²) in [5, 5.41) is 0. The van der Waals surface area contributed by atoms with Crippen LogP contribution in [0.5, 0.6) is 0 Å². The van der Waals surface area contributed by atoms with Crippen LogP contribution in [0.3, 0.4) is 0 Å². The van der Waals surface area contributed by atoms with Crippen molar-refractivity contribution >= 4 is 18.3 Å². The highest BCUT2D eigenvalue weighted by atomic mass is 35.5. The van der Waals surface area contributed by atoms with E-state index in [1.54, 1.807) is 0 Å². The van der Waals surface area contributed by atoms with Crippen LogP contribution in [0.1, 0.15) is 71.1 Å². The van der Waals surface area contributed by atoms with Gasteiger partial charge in [0.2, 0.25) is 5.91 Å². The van der Waals surface area contributed by atoms with E-state index in [0.717, 1.165) is 45.3 Å². The number of hydrogen-bond donors (Lipinski definition) is 1. The highest BCUT2D eigenvalue weighted by Crippen LogP contribution is 2.56. The molecule has 5 heteroatoms. The zero-order chi connectivity index (χ0) is 16.0. The number of rotatable bonds is 9. The van der Waals surface area contributed by atoms with Crippen LogP contribution >= 0.6 is 12.4 Å². The molecule has 2 saturated carbocycles. The Balaban J connectivity index is 0.00000264. The van der Waals surface area contributed by atoms with E-state index in [4.69, 9.17) is 10.5 Å². The van der Waals surface area contributed by atoms with Gasteiger partial charge < -0.3 is 15.4 Å². The second-order valence-corrected chi connectivity index (χ2v) is 7.09. The highest BCUT2D eigenvalue weighted by Gasteiger charge is 2.58. The summed E-state index contributed by atoms with van der Waals surface area (Å²) in [7, 11) is 2.01. The van der Waals surface area contributed by atoms with Crippen LogP contribution < -0.4 is 5.73 Å². The summed E-state index contributed by atoms with van der Waals surface area (Å²) >= 11 is 0. The first-order chi connectivity index (χ1) is 10.7. The average Bonchev–Trinajstić information content (AvgIpc) is 3.02. The lowest BCUT2D eigenvalue weighted by atomic mass is 9.60. The van der Waals surface area contributed by atoms with Crippen molar-refractivity contribution in [2.45, 2.75) is 83.3 Å². The summed E-state index contributed by atoms with van der Waals surface area (Å²) in [6, 6.07) is 0.406. The predicted molar refractivity (Wildman–Crippen MR) is 96.9 cm³/mol. The van der Waals surface area contributed by atoms with Crippen molar-refractivity contribution in [1.29, 1.82) is 0 Å². The summed E-state index contributed by atoms with van der Waals surface area (Å²) in [5.41, 5.74) is 5.76. The molecule has 0 aromatic rings. The maximum atomic E-state index is 12.5. The third-order valence-electron chi connectivity index (χ3n) is 5.85. The average molecular weight is 347 g/mol. The van der Waals surface area contributed by atoms with Gasteiger partial charge in [0.25, 0.3) is 0 Å². The number of hydrogen-bond acceptors (Lipinski definition) is 3. The van der Waals surface area contributed by atoms with Gasteiger partial charge in [0.05, 0.1) is 6.10 Å². The summed E-state index contributed by atoms with van der Waals surface area (Å²) < 4.78 is 5.95. The van der Waals surface area contributed by atoms with Gasteiger partial charge in [0.1, 0.15) is 0 Å². The quantitative estimate of drug-likeness (QED) is 0.650. The molecule has 1 spiro atoms. The van der Waals surface area contributed by atoms with Crippen molar-refractivity contribution in [3.8, 4) is 0 Å². The number of carbonyl (C=O) groups is 1. The van der Waals surface area contributed by atoms with Crippen molar-refractivity contribution in [2.75, 3.05) is 20.2 Å². The maximum Gasteiger partial charge on any atom is 0.222 e. The van der Waals surface area contributed by atoms with Crippen molar-refractivity contribution in [3.05, 3.63) is 0 Å². The van der Waals surface area contributed by atoms with E-state index in [1.807, 2.05) is 11.9 Å². The fraction of sp³-hybridized carbons (Fsp3) is 0.944. The monoisotopic (exact) mass is 346 g/mol. The van der Waals surface area contributed by atoms with E-state index in [-0.39, 0.29) is 17.8 Å². The minimum absolute atomic E-state index is 0. The Morgan fingerprint density at radius 2 is 1.87 bits per heavy atom. The maximum absolute atomic E-state index is 12.5. The Bertz CT molecular complexity index is 359. The predicted octanol–water partition coefficient (Wildman–Crippen LogP) is 3.51. The van der Waals surface area contributed by atoms with Crippen LogP contribution in [0.15, 0.2) is 0 Å². The molecule has 1 amide bonds. The lowest BCUT2D eigenvalue weighted by Gasteiger charge is -2.57. The molecule has 0 bridgehead atoms. The molecule has 2 atom stereocenters. The van der Waals surface area contributed by atoms with Gasteiger partial charge in [0, 0.05) is 31.5 Å². The zero-order valence-corrected chi connectivity index (χ0v) is 15.7. The lowest BCUT2D eigenvalue weighted by Crippen LogP contribution is -2.63. The summed E-state index contributed by atoms with van der Waals surface area (Å²) in [6.45, 7) is 3.63. The molecular formula is C18H35ClN2O2. The van der Waals surface area contributed by atoms with Gasteiger partial charge in [-0.25, -0.2) is 0 Å². The van der Waals surface area contributed by atoms with Crippen molar-refractivity contribution in [3.63, 3.8) is 0 Å². The van der Waals surface area contributed by atoms with Crippen LogP contribution in [0.25, 0.3) is 0 Å². The molecule has 0 heterocycles. The van der Waals surface area contributed by atoms with Gasteiger partial charge in [-0.1, -0.05) is 25.7 Å². The molecule has 2 fully saturated rings. The molecule has 0 aliphatic heterocycles. The first-order valence-corrected chi connectivity index (χ1v) is 9.23. The normalized spacial score (nSPS) is 25.0. The Hall–Kier alpha value is -0.320. The molecule has 0 saturated heterocycles. The number of amides is 1. The lowest BCUT2D eigenvalue weighted by molar-refractivity contribution is -0.172. The fourth-order valence-corrected chi connectivity index (χ4v) is 4.52. The second kappa shape index (κ2) is 9.85. The molecule has 2 N–H and O–H groups in total. The molecule has 2 unspecified atom stereocenters. The Kier molecular flexibility index (Phi) is 8.88. The third-order valence-corrected chi connectivity index (χ3v) is 5.85. The highest BCUT2D eigenvalue weighted by molar-refractivity contribution is 5.85. The molecule has 2 aliphatic rings. The minimum atomic E-state index is 0. The van der Waals surface area contributed by atoms with E-state index in [2.05, 4.69) is 6.92 Å². The van der Waals surface area contributed by atoms with Gasteiger partial charge >= 0.3 is 0 Å². The first kappa shape index (κ1) is 20.7. The SMILES string of the molecule is CCOC1CC(N(C)C(=O)CCCCCCN)C12CCCC2.Cl. The van der Waals surface area contributed by atoms with E-state index in [1.165, 1.54) is 25.7 Å². The Morgan fingerprint density at radius 3 is 2.48 bits per heavy atom. The van der Waals surface area contributed by atoms with Gasteiger partial charge in [-0.2, -0.15) is 0 Å². The molecular weight excluding hydrogens is 312 g/mol. The molecule has 2 aliphatic carbocycles. The van der Waals surface area contributed by atoms with Gasteiger partial charge in [-0.15, -0.1) is 12.4 Å². The van der Waals surface area contributed by atoms with E-state index >= 15 is 0 Å². The second-order valence-electron chi connectivity index (χ2n) is 7.09. The van der Waals surface area contributed by atoms with Crippen molar-refractivity contribution < 1.29 is 9.53 Å². The van der Waals surface area contributed by atoms with Crippen LogP contribution in [-0.2, 0) is 9.53 Å². The number of unbranched alkanes of at least 4 members (excludes halogenated alkanes) is 3. The number of ether oxygens (including phenoxy) is 1. The van der Waals surface area contributed by atoms with Crippen LogP contribution in [0, 0.1) is 5.41 Å². The topological polar surface area (TPSA) is 55.6 Å². The van der Waals surface area contributed by atoms with Gasteiger partial charge in [-0.05, 0) is 45.6 Å². The number of carbonyl (C=O) groups excluding carboxylic acids is 1. The third kappa shape index (κ3) is 4.61. The smallest absolute Gasteiger partial charge is 0.222 e.